The molecule has 0 bridgehead atoms. The molecule has 0 spiro atoms. The van der Waals surface area contributed by atoms with Gasteiger partial charge in [0.2, 0.25) is 0 Å². The zero-order valence-corrected chi connectivity index (χ0v) is 13.6. The molecule has 1 aliphatic carbocycles. The molecule has 1 aliphatic rings. The predicted octanol–water partition coefficient (Wildman–Crippen LogP) is 2.44. The van der Waals surface area contributed by atoms with Gasteiger partial charge in [-0.25, -0.2) is 4.79 Å². The quantitative estimate of drug-likeness (QED) is 0.755. The molecule has 1 saturated carbocycles. The van der Waals surface area contributed by atoms with Crippen LogP contribution in [0.4, 0.5) is 10.6 Å². The minimum absolute atomic E-state index is 0.0455. The van der Waals surface area contributed by atoms with E-state index in [1.165, 1.54) is 19.3 Å². The highest BCUT2D eigenvalue weighted by Gasteiger charge is 2.25. The van der Waals surface area contributed by atoms with E-state index in [9.17, 15) is 9.90 Å². The van der Waals surface area contributed by atoms with Gasteiger partial charge in [0.1, 0.15) is 5.82 Å². The summed E-state index contributed by atoms with van der Waals surface area (Å²) in [4.78, 5) is 12.2. The van der Waals surface area contributed by atoms with Crippen molar-refractivity contribution in [2.45, 2.75) is 57.9 Å². The van der Waals surface area contributed by atoms with E-state index in [-0.39, 0.29) is 18.7 Å². The van der Waals surface area contributed by atoms with E-state index in [1.54, 1.807) is 4.68 Å². The van der Waals surface area contributed by atoms with Gasteiger partial charge in [-0.2, -0.15) is 5.10 Å². The third-order valence-corrected chi connectivity index (χ3v) is 4.51. The van der Waals surface area contributed by atoms with Crippen LogP contribution in [0.1, 0.15) is 51.1 Å². The smallest absolute Gasteiger partial charge is 0.320 e. The maximum atomic E-state index is 12.2. The van der Waals surface area contributed by atoms with Gasteiger partial charge in [0.15, 0.2) is 0 Å². The van der Waals surface area contributed by atoms with Crippen molar-refractivity contribution in [2.24, 2.45) is 13.0 Å². The van der Waals surface area contributed by atoms with Crippen LogP contribution in [0.3, 0.4) is 0 Å². The van der Waals surface area contributed by atoms with E-state index in [0.717, 1.165) is 25.0 Å². The number of aliphatic hydroxyl groups excluding tert-OH is 1. The molecule has 1 atom stereocenters. The van der Waals surface area contributed by atoms with Crippen molar-refractivity contribution in [2.75, 3.05) is 11.9 Å². The van der Waals surface area contributed by atoms with Crippen molar-refractivity contribution >= 4 is 11.8 Å². The summed E-state index contributed by atoms with van der Waals surface area (Å²) in [6.45, 7) is 2.14. The zero-order chi connectivity index (χ0) is 15.9. The molecule has 1 aromatic heterocycles. The first-order valence-corrected chi connectivity index (χ1v) is 8.35. The Balaban J connectivity index is 1.93. The Hall–Kier alpha value is -1.56. The lowest BCUT2D eigenvalue weighted by molar-refractivity contribution is 0.202. The summed E-state index contributed by atoms with van der Waals surface area (Å²) in [5.74, 6) is 1.17. The molecule has 124 valence electrons. The van der Waals surface area contributed by atoms with Gasteiger partial charge in [0, 0.05) is 25.8 Å². The van der Waals surface area contributed by atoms with Crippen LogP contribution in [-0.4, -0.2) is 33.6 Å². The number of anilines is 1. The van der Waals surface area contributed by atoms with Gasteiger partial charge in [-0.3, -0.25) is 10.00 Å². The second-order valence-electron chi connectivity index (χ2n) is 6.11. The Morgan fingerprint density at radius 3 is 2.77 bits per heavy atom. The fourth-order valence-corrected chi connectivity index (χ4v) is 3.24. The molecule has 1 heterocycles. The fourth-order valence-electron chi connectivity index (χ4n) is 3.24. The third kappa shape index (κ3) is 4.47. The molecule has 2 amide bonds. The van der Waals surface area contributed by atoms with E-state index in [4.69, 9.17) is 0 Å². The topological polar surface area (TPSA) is 79.2 Å². The summed E-state index contributed by atoms with van der Waals surface area (Å²) in [5, 5.41) is 19.5. The second-order valence-corrected chi connectivity index (χ2v) is 6.11. The van der Waals surface area contributed by atoms with Crippen molar-refractivity contribution in [3.63, 3.8) is 0 Å². The maximum Gasteiger partial charge on any atom is 0.320 e. The summed E-state index contributed by atoms with van der Waals surface area (Å²) >= 11 is 0. The number of hydrogen-bond donors (Lipinski definition) is 3. The number of aliphatic hydroxyl groups is 1. The van der Waals surface area contributed by atoms with Crippen molar-refractivity contribution in [3.05, 3.63) is 11.8 Å². The van der Waals surface area contributed by atoms with Crippen LogP contribution >= 0.6 is 0 Å². The van der Waals surface area contributed by atoms with Crippen LogP contribution in [0.25, 0.3) is 0 Å². The minimum Gasteiger partial charge on any atom is -0.396 e. The monoisotopic (exact) mass is 308 g/mol. The molecule has 0 saturated heterocycles. The molecule has 2 rings (SSSR count). The standard InChI is InChI=1S/C16H28N4O2/c1-3-13-11-15(20(2)19-13)18-16(22)17-14(9-10-21)12-7-5-4-6-8-12/h11-12,14,21H,3-10H2,1-2H3,(H2,17,18,22). The first kappa shape index (κ1) is 16.8. The highest BCUT2D eigenvalue weighted by Crippen LogP contribution is 2.27. The van der Waals surface area contributed by atoms with Crippen molar-refractivity contribution in [3.8, 4) is 0 Å². The SMILES string of the molecule is CCc1cc(NC(=O)NC(CCO)C2CCCCC2)n(C)n1. The van der Waals surface area contributed by atoms with Crippen LogP contribution in [-0.2, 0) is 13.5 Å². The third-order valence-electron chi connectivity index (χ3n) is 4.51. The van der Waals surface area contributed by atoms with Crippen LogP contribution in [0.2, 0.25) is 0 Å². The normalized spacial score (nSPS) is 17.2. The highest BCUT2D eigenvalue weighted by molar-refractivity contribution is 5.88. The summed E-state index contributed by atoms with van der Waals surface area (Å²) in [7, 11) is 1.82. The molecular formula is C16H28N4O2. The Labute approximate surface area is 132 Å². The number of carbonyl (C=O) groups excluding carboxylic acids is 1. The molecule has 22 heavy (non-hydrogen) atoms. The Kier molecular flexibility index (Phi) is 6.24. The van der Waals surface area contributed by atoms with Gasteiger partial charge >= 0.3 is 6.03 Å². The number of hydrogen-bond acceptors (Lipinski definition) is 3. The first-order valence-electron chi connectivity index (χ1n) is 8.35. The van der Waals surface area contributed by atoms with Crippen molar-refractivity contribution in [1.29, 1.82) is 0 Å². The molecule has 0 aliphatic heterocycles. The molecule has 1 unspecified atom stereocenters. The van der Waals surface area contributed by atoms with E-state index in [0.29, 0.717) is 18.2 Å². The van der Waals surface area contributed by atoms with Crippen LogP contribution in [0, 0.1) is 5.92 Å². The molecule has 3 N–H and O–H groups in total. The average Bonchev–Trinajstić information content (AvgIpc) is 2.88. The second kappa shape index (κ2) is 8.17. The fraction of sp³-hybridized carbons (Fsp3) is 0.750. The number of nitrogens with one attached hydrogen (secondary N) is 2. The van der Waals surface area contributed by atoms with Gasteiger partial charge in [-0.1, -0.05) is 26.2 Å². The average molecular weight is 308 g/mol. The lowest BCUT2D eigenvalue weighted by Crippen LogP contribution is -2.44. The lowest BCUT2D eigenvalue weighted by Gasteiger charge is -2.30. The summed E-state index contributed by atoms with van der Waals surface area (Å²) in [5.41, 5.74) is 0.956. The summed E-state index contributed by atoms with van der Waals surface area (Å²) < 4.78 is 1.68. The summed E-state index contributed by atoms with van der Waals surface area (Å²) in [6, 6.07) is 1.72. The molecule has 1 aromatic rings. The van der Waals surface area contributed by atoms with Crippen LogP contribution in [0.5, 0.6) is 0 Å². The van der Waals surface area contributed by atoms with E-state index in [2.05, 4.69) is 15.7 Å². The Morgan fingerprint density at radius 2 is 2.18 bits per heavy atom. The van der Waals surface area contributed by atoms with Crippen LogP contribution in [0.15, 0.2) is 6.07 Å². The molecule has 0 aromatic carbocycles. The maximum absolute atomic E-state index is 12.2. The van der Waals surface area contributed by atoms with E-state index >= 15 is 0 Å². The molecule has 1 fully saturated rings. The predicted molar refractivity (Wildman–Crippen MR) is 86.8 cm³/mol. The highest BCUT2D eigenvalue weighted by atomic mass is 16.3. The Bertz CT molecular complexity index is 480. The number of rotatable bonds is 6. The molecular weight excluding hydrogens is 280 g/mol. The van der Waals surface area contributed by atoms with Gasteiger partial charge in [0.25, 0.3) is 0 Å². The first-order chi connectivity index (χ1) is 10.6. The van der Waals surface area contributed by atoms with Gasteiger partial charge in [-0.15, -0.1) is 0 Å². The van der Waals surface area contributed by atoms with Gasteiger partial charge in [-0.05, 0) is 31.6 Å². The molecule has 6 heteroatoms. The van der Waals surface area contributed by atoms with Crippen LogP contribution < -0.4 is 10.6 Å². The minimum atomic E-state index is -0.213. The summed E-state index contributed by atoms with van der Waals surface area (Å²) in [6.07, 6.45) is 7.45. The van der Waals surface area contributed by atoms with Crippen molar-refractivity contribution < 1.29 is 9.90 Å². The molecule has 6 nitrogen and oxygen atoms in total. The number of aryl methyl sites for hydroxylation is 2. The zero-order valence-electron chi connectivity index (χ0n) is 13.6. The van der Waals surface area contributed by atoms with Gasteiger partial charge in [0.05, 0.1) is 5.69 Å². The van der Waals surface area contributed by atoms with Crippen molar-refractivity contribution in [1.82, 2.24) is 15.1 Å². The molecule has 0 radical (unpaired) electrons. The number of carbonyl (C=O) groups is 1. The number of urea groups is 1. The Morgan fingerprint density at radius 1 is 1.45 bits per heavy atom. The number of nitrogens with zero attached hydrogens (tertiary/aromatic N) is 2. The number of aromatic nitrogens is 2. The van der Waals surface area contributed by atoms with E-state index in [1.807, 2.05) is 20.0 Å². The lowest BCUT2D eigenvalue weighted by atomic mass is 9.83. The van der Waals surface area contributed by atoms with E-state index < -0.39 is 0 Å². The van der Waals surface area contributed by atoms with Gasteiger partial charge < -0.3 is 10.4 Å². The largest absolute Gasteiger partial charge is 0.396 e. The number of amides is 2.